The highest BCUT2D eigenvalue weighted by Gasteiger charge is 2.69. The Balaban J connectivity index is 1.71. The minimum atomic E-state index is -0.794. The van der Waals surface area contributed by atoms with Crippen molar-refractivity contribution in [2.75, 3.05) is 0 Å². The summed E-state index contributed by atoms with van der Waals surface area (Å²) >= 11 is 3.57. The predicted molar refractivity (Wildman–Crippen MR) is 152 cm³/mol. The lowest BCUT2D eigenvalue weighted by atomic mass is 9.42. The van der Waals surface area contributed by atoms with Crippen LogP contribution < -0.4 is 0 Å². The fourth-order valence-corrected chi connectivity index (χ4v) is 10.5. The van der Waals surface area contributed by atoms with Gasteiger partial charge >= 0.3 is 17.9 Å². The minimum absolute atomic E-state index is 0.00495. The van der Waals surface area contributed by atoms with Crippen molar-refractivity contribution < 1.29 is 38.8 Å². The molecule has 4 rings (SSSR count). The molecule has 228 valence electrons. The summed E-state index contributed by atoms with van der Waals surface area (Å²) in [5.74, 6) is -0.424. The van der Waals surface area contributed by atoms with Crippen molar-refractivity contribution in [3.05, 3.63) is 0 Å². The van der Waals surface area contributed by atoms with E-state index < -0.39 is 22.5 Å². The van der Waals surface area contributed by atoms with Crippen LogP contribution in [-0.2, 0) is 28.6 Å². The van der Waals surface area contributed by atoms with E-state index in [4.69, 9.17) is 14.2 Å². The van der Waals surface area contributed by atoms with Crippen LogP contribution in [0.1, 0.15) is 93.4 Å². The number of aliphatic hydroxyl groups excluding tert-OH is 2. The third kappa shape index (κ3) is 5.48. The van der Waals surface area contributed by atoms with E-state index >= 15 is 0 Å². The Kier molecular flexibility index (Phi) is 9.39. The SMILES string of the molecule is CC(=O)O[C@H]1CC2C([C@H](OC(C)=O)C[C@@H]3C[C@H](O)[C@H](Br)[C@@H](O)[C@]23C)[C@@H]2CC[C@H]([C@H](C)CCC(=O)OC(C)C)[C@@]12C. The molecule has 8 nitrogen and oxygen atoms in total. The van der Waals surface area contributed by atoms with E-state index in [1.807, 2.05) is 13.8 Å². The Hall–Kier alpha value is -1.19. The molecule has 0 aromatic rings. The fourth-order valence-electron chi connectivity index (χ4n) is 9.71. The Bertz CT molecular complexity index is 971. The fraction of sp³-hybridized carbons (Fsp3) is 0.903. The number of aliphatic hydroxyl groups is 2. The number of esters is 3. The van der Waals surface area contributed by atoms with Gasteiger partial charge in [0.2, 0.25) is 0 Å². The van der Waals surface area contributed by atoms with Gasteiger partial charge in [0.05, 0.1) is 23.1 Å². The zero-order valence-electron chi connectivity index (χ0n) is 25.1. The summed E-state index contributed by atoms with van der Waals surface area (Å²) in [6, 6.07) is 0. The molecular formula is C31H49BrO8. The molecule has 0 amide bonds. The van der Waals surface area contributed by atoms with Crippen molar-refractivity contribution in [1.29, 1.82) is 0 Å². The smallest absolute Gasteiger partial charge is 0.306 e. The lowest BCUT2D eigenvalue weighted by molar-refractivity contribution is -0.241. The van der Waals surface area contributed by atoms with Crippen LogP contribution in [0.4, 0.5) is 0 Å². The molecule has 4 saturated carbocycles. The Labute approximate surface area is 247 Å². The van der Waals surface area contributed by atoms with Crippen LogP contribution in [0, 0.1) is 46.3 Å². The van der Waals surface area contributed by atoms with Crippen molar-refractivity contribution in [2.45, 2.75) is 129 Å². The van der Waals surface area contributed by atoms with Crippen molar-refractivity contribution in [3.63, 3.8) is 0 Å². The van der Waals surface area contributed by atoms with Gasteiger partial charge in [-0.15, -0.1) is 0 Å². The molecule has 13 atom stereocenters. The first kappa shape index (κ1) is 31.7. The third-order valence-corrected chi connectivity index (χ3v) is 12.5. The summed E-state index contributed by atoms with van der Waals surface area (Å²) < 4.78 is 17.6. The number of carbonyl (C=O) groups is 3. The molecule has 4 fully saturated rings. The van der Waals surface area contributed by atoms with E-state index in [2.05, 4.69) is 36.7 Å². The maximum atomic E-state index is 12.5. The van der Waals surface area contributed by atoms with Crippen LogP contribution in [-0.4, -0.2) is 63.5 Å². The van der Waals surface area contributed by atoms with E-state index in [9.17, 15) is 24.6 Å². The van der Waals surface area contributed by atoms with Crippen molar-refractivity contribution in [1.82, 2.24) is 0 Å². The molecule has 0 aromatic carbocycles. The third-order valence-electron chi connectivity index (χ3n) is 11.4. The maximum absolute atomic E-state index is 12.5. The number of hydrogen-bond donors (Lipinski definition) is 2. The number of alkyl halides is 1. The lowest BCUT2D eigenvalue weighted by Crippen LogP contribution is -2.68. The first-order chi connectivity index (χ1) is 18.6. The van der Waals surface area contributed by atoms with Gasteiger partial charge in [-0.2, -0.15) is 0 Å². The van der Waals surface area contributed by atoms with Gasteiger partial charge in [-0.1, -0.05) is 36.7 Å². The van der Waals surface area contributed by atoms with Crippen LogP contribution in [0.15, 0.2) is 0 Å². The standard InChI is InChI=1S/C31H49BrO8/c1-15(2)38-26(36)11-8-16(3)20-9-10-21-27-22(14-25(31(20,21)7)40-18(5)34)30(6)19(13-24(27)39-17(4)33)12-23(35)28(32)29(30)37/h15-16,19-25,27-29,35,37H,8-14H2,1-7H3/t16-,19+,20-,21+,22?,23+,24-,25+,27?,28+,29-,30+,31-/m1/s1. The Morgan fingerprint density at radius 2 is 1.57 bits per heavy atom. The highest BCUT2D eigenvalue weighted by atomic mass is 79.9. The second-order valence-electron chi connectivity index (χ2n) is 13.9. The second kappa shape index (κ2) is 11.8. The molecule has 0 spiro atoms. The Morgan fingerprint density at radius 3 is 2.17 bits per heavy atom. The average Bonchev–Trinajstić information content (AvgIpc) is 3.20. The van der Waals surface area contributed by atoms with Crippen LogP contribution in [0.5, 0.6) is 0 Å². The average molecular weight is 630 g/mol. The van der Waals surface area contributed by atoms with Gasteiger partial charge in [-0.3, -0.25) is 14.4 Å². The summed E-state index contributed by atoms with van der Waals surface area (Å²) in [5, 5.41) is 22.4. The summed E-state index contributed by atoms with van der Waals surface area (Å²) in [6.45, 7) is 13.1. The highest BCUT2D eigenvalue weighted by molar-refractivity contribution is 9.09. The predicted octanol–water partition coefficient (Wildman–Crippen LogP) is 4.80. The molecule has 0 aliphatic heterocycles. The van der Waals surface area contributed by atoms with Gasteiger partial charge in [0.25, 0.3) is 0 Å². The van der Waals surface area contributed by atoms with Crippen LogP contribution >= 0.6 is 15.9 Å². The molecule has 0 saturated heterocycles. The van der Waals surface area contributed by atoms with Crippen LogP contribution in [0.3, 0.4) is 0 Å². The lowest BCUT2D eigenvalue weighted by Gasteiger charge is -2.65. The number of hydrogen-bond acceptors (Lipinski definition) is 8. The molecule has 0 aromatic heterocycles. The quantitative estimate of drug-likeness (QED) is 0.234. The monoisotopic (exact) mass is 628 g/mol. The first-order valence-electron chi connectivity index (χ1n) is 15.2. The normalized spacial score (nSPS) is 45.1. The van der Waals surface area contributed by atoms with Gasteiger partial charge in [-0.25, -0.2) is 0 Å². The molecule has 0 heterocycles. The van der Waals surface area contributed by atoms with Gasteiger partial charge in [0, 0.05) is 37.0 Å². The molecule has 2 unspecified atom stereocenters. The topological polar surface area (TPSA) is 119 Å². The van der Waals surface area contributed by atoms with Crippen molar-refractivity contribution in [2.24, 2.45) is 46.3 Å². The molecular weight excluding hydrogens is 580 g/mol. The zero-order chi connectivity index (χ0) is 29.7. The largest absolute Gasteiger partial charge is 0.463 e. The van der Waals surface area contributed by atoms with Crippen LogP contribution in [0.25, 0.3) is 0 Å². The number of carbonyl (C=O) groups excluding carboxylic acids is 3. The van der Waals surface area contributed by atoms with E-state index in [-0.39, 0.29) is 77.1 Å². The van der Waals surface area contributed by atoms with Gasteiger partial charge in [0.15, 0.2) is 0 Å². The van der Waals surface area contributed by atoms with E-state index in [1.54, 1.807) is 0 Å². The van der Waals surface area contributed by atoms with E-state index in [0.717, 1.165) is 12.8 Å². The first-order valence-corrected chi connectivity index (χ1v) is 16.1. The van der Waals surface area contributed by atoms with E-state index in [0.29, 0.717) is 32.1 Å². The van der Waals surface area contributed by atoms with Crippen molar-refractivity contribution in [3.8, 4) is 0 Å². The molecule has 0 radical (unpaired) electrons. The van der Waals surface area contributed by atoms with Gasteiger partial charge in [-0.05, 0) is 82.0 Å². The summed E-state index contributed by atoms with van der Waals surface area (Å²) in [6.07, 6.45) is 2.20. The molecule has 4 aliphatic carbocycles. The van der Waals surface area contributed by atoms with Gasteiger partial charge < -0.3 is 24.4 Å². The molecule has 40 heavy (non-hydrogen) atoms. The van der Waals surface area contributed by atoms with Crippen LogP contribution in [0.2, 0.25) is 0 Å². The summed E-state index contributed by atoms with van der Waals surface area (Å²) in [7, 11) is 0. The molecule has 4 aliphatic rings. The minimum Gasteiger partial charge on any atom is -0.463 e. The summed E-state index contributed by atoms with van der Waals surface area (Å²) in [4.78, 5) is 36.7. The Morgan fingerprint density at radius 1 is 0.925 bits per heavy atom. The number of halogens is 1. The molecule has 9 heteroatoms. The number of fused-ring (bicyclic) bond motifs is 5. The maximum Gasteiger partial charge on any atom is 0.306 e. The van der Waals surface area contributed by atoms with Gasteiger partial charge in [0.1, 0.15) is 12.2 Å². The number of ether oxygens (including phenoxy) is 3. The molecule has 0 bridgehead atoms. The zero-order valence-corrected chi connectivity index (χ0v) is 26.7. The molecule has 2 N–H and O–H groups in total. The van der Waals surface area contributed by atoms with E-state index in [1.165, 1.54) is 13.8 Å². The second-order valence-corrected chi connectivity index (χ2v) is 14.9. The number of rotatable bonds is 7. The highest BCUT2D eigenvalue weighted by Crippen LogP contribution is 2.69. The van der Waals surface area contributed by atoms with Crippen molar-refractivity contribution >= 4 is 33.8 Å². The summed E-state index contributed by atoms with van der Waals surface area (Å²) in [5.41, 5.74) is -0.915.